The molecule has 4 aromatic rings. The zero-order chi connectivity index (χ0) is 22.8. The first-order valence-corrected chi connectivity index (χ1v) is 10.3. The molecule has 166 valence electrons. The molecule has 33 heavy (non-hydrogen) atoms. The van der Waals surface area contributed by atoms with Crippen LogP contribution in [0.3, 0.4) is 0 Å². The molecule has 8 heteroatoms. The van der Waals surface area contributed by atoms with Gasteiger partial charge in [-0.05, 0) is 48.5 Å². The summed E-state index contributed by atoms with van der Waals surface area (Å²) in [5.74, 6) is 0.763. The van der Waals surface area contributed by atoms with Crippen LogP contribution in [0.4, 0.5) is 11.4 Å². The van der Waals surface area contributed by atoms with E-state index in [-0.39, 0.29) is 18.1 Å². The highest BCUT2D eigenvalue weighted by molar-refractivity contribution is 6.15. The predicted molar refractivity (Wildman–Crippen MR) is 122 cm³/mol. The Hall–Kier alpha value is -4.46. The number of rotatable bonds is 5. The van der Waals surface area contributed by atoms with Crippen LogP contribution in [-0.4, -0.2) is 31.6 Å². The Labute approximate surface area is 189 Å². The van der Waals surface area contributed by atoms with Gasteiger partial charge >= 0.3 is 0 Å². The molecule has 1 atom stereocenters. The van der Waals surface area contributed by atoms with Crippen molar-refractivity contribution in [3.8, 4) is 17.2 Å². The first-order chi connectivity index (χ1) is 16.1. The van der Waals surface area contributed by atoms with Gasteiger partial charge in [-0.15, -0.1) is 0 Å². The monoisotopic (exact) mass is 444 g/mol. The highest BCUT2D eigenvalue weighted by Gasteiger charge is 2.30. The van der Waals surface area contributed by atoms with Crippen molar-refractivity contribution in [2.45, 2.75) is 6.10 Å². The number of carbonyl (C=O) groups excluding carboxylic acids is 2. The second kappa shape index (κ2) is 8.58. The van der Waals surface area contributed by atoms with Gasteiger partial charge in [0, 0.05) is 11.1 Å². The first-order valence-electron chi connectivity index (χ1n) is 10.3. The lowest BCUT2D eigenvalue weighted by atomic mass is 10.2. The van der Waals surface area contributed by atoms with Crippen molar-refractivity contribution < 1.29 is 28.2 Å². The van der Waals surface area contributed by atoms with Gasteiger partial charge in [0.05, 0.1) is 7.11 Å². The molecule has 1 aromatic heterocycles. The molecule has 3 aromatic carbocycles. The molecule has 0 spiro atoms. The molecule has 5 rings (SSSR count). The lowest BCUT2D eigenvalue weighted by Gasteiger charge is -2.25. The zero-order valence-corrected chi connectivity index (χ0v) is 17.7. The summed E-state index contributed by atoms with van der Waals surface area (Å²) in [6.07, 6.45) is -0.883. The first kappa shape index (κ1) is 20.4. The van der Waals surface area contributed by atoms with E-state index in [2.05, 4.69) is 10.6 Å². The summed E-state index contributed by atoms with van der Waals surface area (Å²) < 4.78 is 22.4. The lowest BCUT2D eigenvalue weighted by molar-refractivity contribution is -0.125. The van der Waals surface area contributed by atoms with Gasteiger partial charge in [0.2, 0.25) is 11.9 Å². The molecule has 0 saturated carbocycles. The summed E-state index contributed by atoms with van der Waals surface area (Å²) in [7, 11) is 1.57. The number of furan rings is 1. The Kier molecular flexibility index (Phi) is 5.32. The van der Waals surface area contributed by atoms with Gasteiger partial charge in [0.1, 0.15) is 23.6 Å². The summed E-state index contributed by atoms with van der Waals surface area (Å²) in [5.41, 5.74) is 1.29. The Bertz CT molecular complexity index is 1330. The van der Waals surface area contributed by atoms with Crippen LogP contribution in [0, 0.1) is 0 Å². The molecule has 8 nitrogen and oxygen atoms in total. The molecule has 1 aliphatic heterocycles. The Morgan fingerprint density at radius 3 is 2.42 bits per heavy atom. The van der Waals surface area contributed by atoms with Crippen molar-refractivity contribution in [2.75, 3.05) is 24.4 Å². The molecule has 0 bridgehead atoms. The summed E-state index contributed by atoms with van der Waals surface area (Å²) >= 11 is 0. The van der Waals surface area contributed by atoms with Crippen LogP contribution < -0.4 is 24.8 Å². The number of carbonyl (C=O) groups is 2. The number of amides is 2. The van der Waals surface area contributed by atoms with Crippen LogP contribution >= 0.6 is 0 Å². The van der Waals surface area contributed by atoms with Crippen LogP contribution in [0.1, 0.15) is 10.6 Å². The van der Waals surface area contributed by atoms with Crippen molar-refractivity contribution in [1.82, 2.24) is 0 Å². The molecule has 2 N–H and O–H groups in total. The minimum absolute atomic E-state index is 0.0162. The van der Waals surface area contributed by atoms with Gasteiger partial charge < -0.3 is 29.3 Å². The number of benzene rings is 3. The topological polar surface area (TPSA) is 99.0 Å². The van der Waals surface area contributed by atoms with Crippen LogP contribution in [-0.2, 0) is 4.79 Å². The van der Waals surface area contributed by atoms with E-state index < -0.39 is 17.9 Å². The van der Waals surface area contributed by atoms with Gasteiger partial charge in [-0.3, -0.25) is 9.59 Å². The molecule has 1 unspecified atom stereocenters. The number of anilines is 2. The molecule has 0 saturated heterocycles. The Balaban J connectivity index is 1.41. The van der Waals surface area contributed by atoms with E-state index in [1.807, 2.05) is 6.07 Å². The van der Waals surface area contributed by atoms with E-state index >= 15 is 0 Å². The van der Waals surface area contributed by atoms with Gasteiger partial charge in [-0.2, -0.15) is 0 Å². The molecule has 2 heterocycles. The second-order valence-corrected chi connectivity index (χ2v) is 7.34. The average molecular weight is 444 g/mol. The lowest BCUT2D eigenvalue weighted by Crippen LogP contribution is -2.40. The SMILES string of the molecule is COc1ccc(NC(=O)c2oc3ccccc3c2NC(=O)C2COc3ccccc3O2)cc1. The number of nitrogens with one attached hydrogen (secondary N) is 2. The van der Waals surface area contributed by atoms with Crippen molar-refractivity contribution in [3.05, 3.63) is 78.6 Å². The molecule has 1 aliphatic rings. The quantitative estimate of drug-likeness (QED) is 0.471. The van der Waals surface area contributed by atoms with Gasteiger partial charge in [-0.25, -0.2) is 0 Å². The fraction of sp³-hybridized carbons (Fsp3) is 0.120. The fourth-order valence-corrected chi connectivity index (χ4v) is 3.54. The predicted octanol–water partition coefficient (Wildman–Crippen LogP) is 4.47. The van der Waals surface area contributed by atoms with Crippen molar-refractivity contribution in [2.24, 2.45) is 0 Å². The Morgan fingerprint density at radius 2 is 1.64 bits per heavy atom. The van der Waals surface area contributed by atoms with Crippen LogP contribution in [0.2, 0.25) is 0 Å². The Morgan fingerprint density at radius 1 is 0.909 bits per heavy atom. The van der Waals surface area contributed by atoms with Crippen molar-refractivity contribution in [1.29, 1.82) is 0 Å². The molecule has 0 fully saturated rings. The number of hydrogen-bond donors (Lipinski definition) is 2. The minimum atomic E-state index is -0.883. The maximum Gasteiger partial charge on any atom is 0.293 e. The van der Waals surface area contributed by atoms with Gasteiger partial charge in [-0.1, -0.05) is 24.3 Å². The van der Waals surface area contributed by atoms with Gasteiger partial charge in [0.25, 0.3) is 11.8 Å². The van der Waals surface area contributed by atoms with Crippen LogP contribution in [0.15, 0.2) is 77.2 Å². The molecule has 0 aliphatic carbocycles. The number of ether oxygens (including phenoxy) is 3. The largest absolute Gasteiger partial charge is 0.497 e. The van der Waals surface area contributed by atoms with Crippen LogP contribution in [0.25, 0.3) is 11.0 Å². The van der Waals surface area contributed by atoms with E-state index in [0.29, 0.717) is 33.9 Å². The number of methoxy groups -OCH3 is 1. The van der Waals surface area contributed by atoms with Crippen LogP contribution in [0.5, 0.6) is 17.2 Å². The number of fused-ring (bicyclic) bond motifs is 2. The molecular weight excluding hydrogens is 424 g/mol. The van der Waals surface area contributed by atoms with E-state index in [1.54, 1.807) is 73.8 Å². The third-order valence-electron chi connectivity index (χ3n) is 5.20. The maximum atomic E-state index is 13.0. The molecule has 2 amide bonds. The van der Waals surface area contributed by atoms with Gasteiger partial charge in [0.15, 0.2) is 11.5 Å². The highest BCUT2D eigenvalue weighted by Crippen LogP contribution is 2.34. The summed E-state index contributed by atoms with van der Waals surface area (Å²) in [6.45, 7) is 0.0476. The van der Waals surface area contributed by atoms with Crippen molar-refractivity contribution >= 4 is 34.2 Å². The van der Waals surface area contributed by atoms with Crippen molar-refractivity contribution in [3.63, 3.8) is 0 Å². The molecular formula is C25H20N2O6. The summed E-state index contributed by atoms with van der Waals surface area (Å²) in [5, 5.41) is 6.18. The molecule has 0 radical (unpaired) electrons. The third-order valence-corrected chi connectivity index (χ3v) is 5.20. The summed E-state index contributed by atoms with van der Waals surface area (Å²) in [6, 6.07) is 21.1. The highest BCUT2D eigenvalue weighted by atomic mass is 16.6. The smallest absolute Gasteiger partial charge is 0.293 e. The number of para-hydroxylation sites is 3. The third kappa shape index (κ3) is 4.06. The standard InChI is InChI=1S/C25H20N2O6/c1-30-16-12-10-15(11-13-16)26-25(29)23-22(17-6-2-3-7-18(17)33-23)27-24(28)21-14-31-19-8-4-5-9-20(19)32-21/h2-13,21H,14H2,1H3,(H,26,29)(H,27,28). The average Bonchev–Trinajstić information content (AvgIpc) is 3.22. The van der Waals surface area contributed by atoms with E-state index in [9.17, 15) is 9.59 Å². The fourth-order valence-electron chi connectivity index (χ4n) is 3.54. The maximum absolute atomic E-state index is 13.0. The normalized spacial score (nSPS) is 14.5. The summed E-state index contributed by atoms with van der Waals surface area (Å²) in [4.78, 5) is 26.1. The van der Waals surface area contributed by atoms with E-state index in [1.165, 1.54) is 0 Å². The van der Waals surface area contributed by atoms with E-state index in [4.69, 9.17) is 18.6 Å². The van der Waals surface area contributed by atoms with E-state index in [0.717, 1.165) is 0 Å². The zero-order valence-electron chi connectivity index (χ0n) is 17.7. The number of hydrogen-bond acceptors (Lipinski definition) is 6. The second-order valence-electron chi connectivity index (χ2n) is 7.34. The minimum Gasteiger partial charge on any atom is -0.497 e.